The summed E-state index contributed by atoms with van der Waals surface area (Å²) in [6.45, 7) is 5.71. The minimum Gasteiger partial charge on any atom is -0.497 e. The fraction of sp³-hybridized carbons (Fsp3) is 0.409. The molecule has 0 aliphatic heterocycles. The Hall–Kier alpha value is -2.58. The van der Waals surface area contributed by atoms with Crippen LogP contribution in [-0.4, -0.2) is 40.6 Å². The fourth-order valence-electron chi connectivity index (χ4n) is 2.87. The molecular formula is C22H30N2O5S. The van der Waals surface area contributed by atoms with Crippen LogP contribution in [0.4, 0.5) is 0 Å². The van der Waals surface area contributed by atoms with Crippen LogP contribution in [0.3, 0.4) is 0 Å². The summed E-state index contributed by atoms with van der Waals surface area (Å²) in [5.41, 5.74) is 0.745. The third-order valence-electron chi connectivity index (χ3n) is 4.24. The number of rotatable bonds is 9. The molecule has 0 unspecified atom stereocenters. The van der Waals surface area contributed by atoms with Crippen LogP contribution < -0.4 is 19.5 Å². The second-order valence-corrected chi connectivity index (χ2v) is 9.58. The van der Waals surface area contributed by atoms with Crippen molar-refractivity contribution in [3.05, 3.63) is 53.6 Å². The molecule has 8 heteroatoms. The van der Waals surface area contributed by atoms with E-state index in [1.54, 1.807) is 33.9 Å². The number of sulfonamides is 1. The van der Waals surface area contributed by atoms with Gasteiger partial charge in [-0.3, -0.25) is 4.79 Å². The number of ether oxygens (including phenoxy) is 2. The third-order valence-corrected chi connectivity index (χ3v) is 6.02. The van der Waals surface area contributed by atoms with Gasteiger partial charge in [0.2, 0.25) is 10.0 Å². The Balaban J connectivity index is 2.03. The lowest BCUT2D eigenvalue weighted by atomic mass is 10.1. The van der Waals surface area contributed by atoms with Crippen LogP contribution in [0.1, 0.15) is 43.1 Å². The molecule has 0 aliphatic carbocycles. The Morgan fingerprint density at radius 1 is 1.00 bits per heavy atom. The molecule has 0 spiro atoms. The molecule has 0 aliphatic rings. The lowest BCUT2D eigenvalue weighted by Gasteiger charge is -2.21. The maximum atomic E-state index is 12.7. The summed E-state index contributed by atoms with van der Waals surface area (Å²) in [6, 6.07) is 12.2. The minimum atomic E-state index is -3.85. The second-order valence-electron chi connectivity index (χ2n) is 7.93. The largest absolute Gasteiger partial charge is 0.497 e. The summed E-state index contributed by atoms with van der Waals surface area (Å²) in [5.74, 6) is 0.653. The average Bonchev–Trinajstić information content (AvgIpc) is 2.69. The topological polar surface area (TPSA) is 93.7 Å². The Bertz CT molecular complexity index is 964. The molecule has 2 rings (SSSR count). The molecule has 30 heavy (non-hydrogen) atoms. The number of hydrogen-bond donors (Lipinski definition) is 2. The molecule has 2 aromatic rings. The maximum Gasteiger partial charge on any atom is 0.251 e. The zero-order chi connectivity index (χ0) is 22.4. The molecule has 2 aromatic carbocycles. The van der Waals surface area contributed by atoms with Crippen molar-refractivity contribution in [3.8, 4) is 11.5 Å². The summed E-state index contributed by atoms with van der Waals surface area (Å²) in [5, 5.41) is 2.84. The SMILES string of the molecule is COc1ccc(CCCNC(=O)c2ccc(OC)c(S(=O)(=O)NC(C)(C)C)c2)cc1. The highest BCUT2D eigenvalue weighted by molar-refractivity contribution is 7.89. The summed E-state index contributed by atoms with van der Waals surface area (Å²) >= 11 is 0. The van der Waals surface area contributed by atoms with Gasteiger partial charge in [0, 0.05) is 17.6 Å². The standard InChI is InChI=1S/C22H30N2O5S/c1-22(2,3)24-30(26,27)20-15-17(10-13-19(20)29-5)21(25)23-14-6-7-16-8-11-18(28-4)12-9-16/h8-13,15,24H,6-7,14H2,1-5H3,(H,23,25). The summed E-state index contributed by atoms with van der Waals surface area (Å²) in [6.07, 6.45) is 1.56. The Morgan fingerprint density at radius 2 is 1.67 bits per heavy atom. The molecule has 0 atom stereocenters. The van der Waals surface area contributed by atoms with Gasteiger partial charge in [-0.15, -0.1) is 0 Å². The van der Waals surface area contributed by atoms with Crippen molar-refractivity contribution < 1.29 is 22.7 Å². The fourth-order valence-corrected chi connectivity index (χ4v) is 4.49. The van der Waals surface area contributed by atoms with Crippen LogP contribution in [0.2, 0.25) is 0 Å². The van der Waals surface area contributed by atoms with Gasteiger partial charge in [-0.2, -0.15) is 0 Å². The van der Waals surface area contributed by atoms with Crippen LogP contribution in [-0.2, 0) is 16.4 Å². The zero-order valence-electron chi connectivity index (χ0n) is 18.1. The highest BCUT2D eigenvalue weighted by Gasteiger charge is 2.26. The first-order valence-corrected chi connectivity index (χ1v) is 11.2. The molecule has 1 amide bonds. The van der Waals surface area contributed by atoms with Crippen LogP contribution >= 0.6 is 0 Å². The van der Waals surface area contributed by atoms with Gasteiger partial charge in [-0.05, 0) is 69.5 Å². The van der Waals surface area contributed by atoms with Crippen molar-refractivity contribution in [3.63, 3.8) is 0 Å². The smallest absolute Gasteiger partial charge is 0.251 e. The highest BCUT2D eigenvalue weighted by Crippen LogP contribution is 2.26. The Morgan fingerprint density at radius 3 is 2.23 bits per heavy atom. The number of benzene rings is 2. The monoisotopic (exact) mass is 434 g/mol. The van der Waals surface area contributed by atoms with Gasteiger partial charge >= 0.3 is 0 Å². The van der Waals surface area contributed by atoms with Gasteiger partial charge in [-0.1, -0.05) is 12.1 Å². The second kappa shape index (κ2) is 9.95. The van der Waals surface area contributed by atoms with E-state index < -0.39 is 15.6 Å². The number of nitrogens with one attached hydrogen (secondary N) is 2. The molecule has 0 saturated heterocycles. The summed E-state index contributed by atoms with van der Waals surface area (Å²) < 4.78 is 38.4. The van der Waals surface area contributed by atoms with E-state index in [2.05, 4.69) is 10.0 Å². The van der Waals surface area contributed by atoms with Crippen LogP contribution in [0.25, 0.3) is 0 Å². The van der Waals surface area contributed by atoms with Crippen LogP contribution in [0.15, 0.2) is 47.4 Å². The van der Waals surface area contributed by atoms with Gasteiger partial charge in [0.05, 0.1) is 14.2 Å². The van der Waals surface area contributed by atoms with Crippen molar-refractivity contribution in [2.45, 2.75) is 44.0 Å². The number of amides is 1. The van der Waals surface area contributed by atoms with E-state index in [1.807, 2.05) is 24.3 Å². The average molecular weight is 435 g/mol. The maximum absolute atomic E-state index is 12.7. The van der Waals surface area contributed by atoms with E-state index >= 15 is 0 Å². The molecule has 7 nitrogen and oxygen atoms in total. The van der Waals surface area contributed by atoms with Gasteiger partial charge in [-0.25, -0.2) is 13.1 Å². The van der Waals surface area contributed by atoms with Gasteiger partial charge in [0.25, 0.3) is 5.91 Å². The third kappa shape index (κ3) is 6.74. The van der Waals surface area contributed by atoms with E-state index in [4.69, 9.17) is 9.47 Å². The minimum absolute atomic E-state index is 0.0641. The van der Waals surface area contributed by atoms with Gasteiger partial charge in [0.15, 0.2) is 0 Å². The lowest BCUT2D eigenvalue weighted by Crippen LogP contribution is -2.40. The Kier molecular flexibility index (Phi) is 7.86. The molecule has 0 radical (unpaired) electrons. The quantitative estimate of drug-likeness (QED) is 0.592. The summed E-state index contributed by atoms with van der Waals surface area (Å²) in [7, 11) is -0.831. The predicted octanol–water partition coefficient (Wildman–Crippen LogP) is 3.14. The molecular weight excluding hydrogens is 404 g/mol. The van der Waals surface area contributed by atoms with Gasteiger partial charge < -0.3 is 14.8 Å². The Labute approximate surface area is 178 Å². The first-order chi connectivity index (χ1) is 14.1. The molecule has 2 N–H and O–H groups in total. The zero-order valence-corrected chi connectivity index (χ0v) is 18.9. The van der Waals surface area contributed by atoms with Crippen molar-refractivity contribution in [1.29, 1.82) is 0 Å². The van der Waals surface area contributed by atoms with Crippen LogP contribution in [0.5, 0.6) is 11.5 Å². The van der Waals surface area contributed by atoms with Crippen molar-refractivity contribution in [2.75, 3.05) is 20.8 Å². The molecule has 0 aromatic heterocycles. The van der Waals surface area contributed by atoms with Crippen molar-refractivity contribution in [2.24, 2.45) is 0 Å². The number of hydrogen-bond acceptors (Lipinski definition) is 5. The van der Waals surface area contributed by atoms with E-state index in [9.17, 15) is 13.2 Å². The predicted molar refractivity (Wildman–Crippen MR) is 117 cm³/mol. The van der Waals surface area contributed by atoms with E-state index in [0.29, 0.717) is 6.54 Å². The number of methoxy groups -OCH3 is 2. The van der Waals surface area contributed by atoms with Gasteiger partial charge in [0.1, 0.15) is 16.4 Å². The highest BCUT2D eigenvalue weighted by atomic mass is 32.2. The van der Waals surface area contributed by atoms with Crippen LogP contribution in [0, 0.1) is 0 Å². The first kappa shape index (κ1) is 23.7. The number of aryl methyl sites for hydroxylation is 1. The van der Waals surface area contributed by atoms with E-state index in [-0.39, 0.29) is 22.1 Å². The summed E-state index contributed by atoms with van der Waals surface area (Å²) in [4.78, 5) is 12.5. The molecule has 0 fully saturated rings. The molecule has 0 bridgehead atoms. The van der Waals surface area contributed by atoms with E-state index in [1.165, 1.54) is 19.2 Å². The molecule has 0 saturated carbocycles. The number of carbonyl (C=O) groups excluding carboxylic acids is 1. The molecule has 164 valence electrons. The molecule has 0 heterocycles. The lowest BCUT2D eigenvalue weighted by molar-refractivity contribution is 0.0953. The first-order valence-electron chi connectivity index (χ1n) is 9.69. The normalized spacial score (nSPS) is 11.8. The van der Waals surface area contributed by atoms with E-state index in [0.717, 1.165) is 24.2 Å². The van der Waals surface area contributed by atoms with Crippen molar-refractivity contribution in [1.82, 2.24) is 10.0 Å². The number of carbonyl (C=O) groups is 1. The van der Waals surface area contributed by atoms with Crippen molar-refractivity contribution >= 4 is 15.9 Å².